The number of pyridine rings is 1. The number of carbonyl (C=O) groups excluding carboxylic acids is 2. The summed E-state index contributed by atoms with van der Waals surface area (Å²) in [7, 11) is 0. The molecular formula is C15H17N5O2. The zero-order valence-corrected chi connectivity index (χ0v) is 12.0. The average molecular weight is 299 g/mol. The maximum atomic E-state index is 11.7. The van der Waals surface area contributed by atoms with Gasteiger partial charge in [-0.2, -0.15) is 5.10 Å². The summed E-state index contributed by atoms with van der Waals surface area (Å²) in [5, 5.41) is 9.56. The fraction of sp³-hybridized carbons (Fsp3) is 0.333. The second kappa shape index (κ2) is 6.38. The van der Waals surface area contributed by atoms with Crippen LogP contribution in [0.2, 0.25) is 0 Å². The molecule has 1 aliphatic carbocycles. The van der Waals surface area contributed by atoms with Crippen molar-refractivity contribution in [2.75, 3.05) is 11.9 Å². The van der Waals surface area contributed by atoms with Gasteiger partial charge in [-0.1, -0.05) is 0 Å². The third kappa shape index (κ3) is 3.91. The predicted molar refractivity (Wildman–Crippen MR) is 79.9 cm³/mol. The lowest BCUT2D eigenvalue weighted by Gasteiger charge is -2.04. The molecule has 2 aromatic heterocycles. The van der Waals surface area contributed by atoms with Gasteiger partial charge in [0.05, 0.1) is 13.1 Å². The lowest BCUT2D eigenvalue weighted by atomic mass is 10.3. The van der Waals surface area contributed by atoms with Crippen molar-refractivity contribution in [3.8, 4) is 0 Å². The van der Waals surface area contributed by atoms with Crippen LogP contribution in [0.4, 0.5) is 5.82 Å². The van der Waals surface area contributed by atoms with Gasteiger partial charge in [0.1, 0.15) is 0 Å². The van der Waals surface area contributed by atoms with Gasteiger partial charge in [0, 0.05) is 30.6 Å². The van der Waals surface area contributed by atoms with Crippen molar-refractivity contribution >= 4 is 17.6 Å². The summed E-state index contributed by atoms with van der Waals surface area (Å²) >= 11 is 0. The van der Waals surface area contributed by atoms with E-state index in [2.05, 4.69) is 20.7 Å². The summed E-state index contributed by atoms with van der Waals surface area (Å²) < 4.78 is 1.73. The summed E-state index contributed by atoms with van der Waals surface area (Å²) in [6.07, 6.45) is 7.09. The normalized spacial score (nSPS) is 13.6. The third-order valence-electron chi connectivity index (χ3n) is 3.37. The van der Waals surface area contributed by atoms with E-state index in [0.29, 0.717) is 12.4 Å². The quantitative estimate of drug-likeness (QED) is 0.825. The van der Waals surface area contributed by atoms with Gasteiger partial charge in [0.25, 0.3) is 0 Å². The summed E-state index contributed by atoms with van der Waals surface area (Å²) in [4.78, 5) is 27.2. The number of amides is 2. The topological polar surface area (TPSA) is 88.9 Å². The zero-order chi connectivity index (χ0) is 15.4. The van der Waals surface area contributed by atoms with E-state index in [1.165, 1.54) is 0 Å². The van der Waals surface area contributed by atoms with Crippen LogP contribution in [-0.2, 0) is 16.1 Å². The molecule has 2 amide bonds. The van der Waals surface area contributed by atoms with E-state index in [9.17, 15) is 9.59 Å². The summed E-state index contributed by atoms with van der Waals surface area (Å²) in [5.74, 6) is 0.258. The molecule has 1 aliphatic rings. The first-order valence-corrected chi connectivity index (χ1v) is 7.20. The van der Waals surface area contributed by atoms with Gasteiger partial charge in [0.15, 0.2) is 5.82 Å². The van der Waals surface area contributed by atoms with Crippen LogP contribution in [0.5, 0.6) is 0 Å². The Labute approximate surface area is 127 Å². The standard InChI is InChI=1S/C15H17N5O2/c21-14(9-17-15(22)12-1-2-12)18-13-5-8-20(19-13)10-11-3-6-16-7-4-11/h3-8,12H,1-2,9-10H2,(H,17,22)(H,18,19,21). The highest BCUT2D eigenvalue weighted by Crippen LogP contribution is 2.28. The van der Waals surface area contributed by atoms with E-state index in [1.807, 2.05) is 12.1 Å². The van der Waals surface area contributed by atoms with Crippen molar-refractivity contribution < 1.29 is 9.59 Å². The molecule has 1 saturated carbocycles. The van der Waals surface area contributed by atoms with E-state index < -0.39 is 0 Å². The van der Waals surface area contributed by atoms with Crippen LogP contribution < -0.4 is 10.6 Å². The van der Waals surface area contributed by atoms with Crippen LogP contribution in [0.3, 0.4) is 0 Å². The molecule has 0 bridgehead atoms. The van der Waals surface area contributed by atoms with Crippen molar-refractivity contribution in [3.05, 3.63) is 42.4 Å². The highest BCUT2D eigenvalue weighted by Gasteiger charge is 2.29. The fourth-order valence-corrected chi connectivity index (χ4v) is 2.04. The van der Waals surface area contributed by atoms with Gasteiger partial charge in [-0.25, -0.2) is 0 Å². The van der Waals surface area contributed by atoms with E-state index in [1.54, 1.807) is 29.3 Å². The Balaban J connectivity index is 1.48. The highest BCUT2D eigenvalue weighted by molar-refractivity contribution is 5.94. The molecular weight excluding hydrogens is 282 g/mol. The van der Waals surface area contributed by atoms with E-state index in [0.717, 1.165) is 18.4 Å². The minimum atomic E-state index is -0.275. The van der Waals surface area contributed by atoms with Gasteiger partial charge in [0.2, 0.25) is 11.8 Å². The molecule has 2 N–H and O–H groups in total. The van der Waals surface area contributed by atoms with Gasteiger partial charge in [-0.3, -0.25) is 19.3 Å². The minimum absolute atomic E-state index is 0.0213. The fourth-order valence-electron chi connectivity index (χ4n) is 2.04. The van der Waals surface area contributed by atoms with Gasteiger partial charge < -0.3 is 10.6 Å². The van der Waals surface area contributed by atoms with Crippen molar-refractivity contribution in [2.45, 2.75) is 19.4 Å². The number of hydrogen-bond donors (Lipinski definition) is 2. The van der Waals surface area contributed by atoms with E-state index >= 15 is 0 Å². The number of carbonyl (C=O) groups is 2. The number of hydrogen-bond acceptors (Lipinski definition) is 4. The molecule has 1 fully saturated rings. The van der Waals surface area contributed by atoms with E-state index in [-0.39, 0.29) is 24.3 Å². The summed E-state index contributed by atoms with van der Waals surface area (Å²) in [5.41, 5.74) is 1.08. The second-order valence-corrected chi connectivity index (χ2v) is 5.29. The maximum Gasteiger partial charge on any atom is 0.244 e. The van der Waals surface area contributed by atoms with Crippen molar-refractivity contribution in [2.24, 2.45) is 5.92 Å². The second-order valence-electron chi connectivity index (χ2n) is 5.29. The van der Waals surface area contributed by atoms with Gasteiger partial charge in [-0.05, 0) is 30.5 Å². The number of nitrogens with zero attached hydrogens (tertiary/aromatic N) is 3. The molecule has 0 unspecified atom stereocenters. The molecule has 0 atom stereocenters. The number of nitrogens with one attached hydrogen (secondary N) is 2. The molecule has 2 aromatic rings. The van der Waals surface area contributed by atoms with Gasteiger partial charge in [-0.15, -0.1) is 0 Å². The molecule has 114 valence electrons. The van der Waals surface area contributed by atoms with Crippen LogP contribution in [-0.4, -0.2) is 33.1 Å². The molecule has 7 nitrogen and oxygen atoms in total. The Morgan fingerprint density at radius 3 is 2.73 bits per heavy atom. The number of rotatable bonds is 6. The van der Waals surface area contributed by atoms with Gasteiger partial charge >= 0.3 is 0 Å². The molecule has 0 radical (unpaired) electrons. The molecule has 0 spiro atoms. The van der Waals surface area contributed by atoms with Crippen LogP contribution in [0.1, 0.15) is 18.4 Å². The molecule has 0 aliphatic heterocycles. The molecule has 3 rings (SSSR count). The smallest absolute Gasteiger partial charge is 0.244 e. The van der Waals surface area contributed by atoms with Crippen molar-refractivity contribution in [1.82, 2.24) is 20.1 Å². The Morgan fingerprint density at radius 1 is 1.23 bits per heavy atom. The number of anilines is 1. The predicted octanol–water partition coefficient (Wildman–Crippen LogP) is 0.791. The first-order valence-electron chi connectivity index (χ1n) is 7.20. The van der Waals surface area contributed by atoms with Crippen LogP contribution in [0, 0.1) is 5.92 Å². The lowest BCUT2D eigenvalue weighted by molar-refractivity contribution is -0.125. The molecule has 2 heterocycles. The van der Waals surface area contributed by atoms with Crippen LogP contribution in [0.25, 0.3) is 0 Å². The Kier molecular flexibility index (Phi) is 4.13. The van der Waals surface area contributed by atoms with Crippen LogP contribution in [0.15, 0.2) is 36.8 Å². The molecule has 0 saturated heterocycles. The largest absolute Gasteiger partial charge is 0.347 e. The highest BCUT2D eigenvalue weighted by atomic mass is 16.2. The SMILES string of the molecule is O=C(CNC(=O)C1CC1)Nc1ccn(Cc2ccncc2)n1. The molecule has 22 heavy (non-hydrogen) atoms. The minimum Gasteiger partial charge on any atom is -0.347 e. The van der Waals surface area contributed by atoms with Crippen molar-refractivity contribution in [3.63, 3.8) is 0 Å². The monoisotopic (exact) mass is 299 g/mol. The van der Waals surface area contributed by atoms with Crippen LogP contribution >= 0.6 is 0 Å². The lowest BCUT2D eigenvalue weighted by Crippen LogP contribution is -2.33. The first kappa shape index (κ1) is 14.2. The summed E-state index contributed by atoms with van der Waals surface area (Å²) in [6.45, 7) is 0.587. The Morgan fingerprint density at radius 2 is 2.00 bits per heavy atom. The molecule has 7 heteroatoms. The van der Waals surface area contributed by atoms with Crippen molar-refractivity contribution in [1.29, 1.82) is 0 Å². The first-order chi connectivity index (χ1) is 10.7. The Bertz CT molecular complexity index is 664. The number of aromatic nitrogens is 3. The van der Waals surface area contributed by atoms with E-state index in [4.69, 9.17) is 0 Å². The third-order valence-corrected chi connectivity index (χ3v) is 3.37. The zero-order valence-electron chi connectivity index (χ0n) is 12.0. The maximum absolute atomic E-state index is 11.7. The average Bonchev–Trinajstić information content (AvgIpc) is 3.29. The molecule has 0 aromatic carbocycles. The Hall–Kier alpha value is -2.70. The summed E-state index contributed by atoms with van der Waals surface area (Å²) in [6, 6.07) is 5.54.